The van der Waals surface area contributed by atoms with Crippen molar-refractivity contribution < 1.29 is 23.5 Å². The molecule has 0 spiro atoms. The first kappa shape index (κ1) is 19.5. The number of amides is 3. The first-order chi connectivity index (χ1) is 13.3. The van der Waals surface area contributed by atoms with E-state index < -0.39 is 29.1 Å². The van der Waals surface area contributed by atoms with E-state index in [0.29, 0.717) is 12.8 Å². The molecule has 2 aromatic rings. The van der Waals surface area contributed by atoms with Crippen LogP contribution < -0.4 is 10.1 Å². The van der Waals surface area contributed by atoms with E-state index in [0.717, 1.165) is 28.3 Å². The molecule has 1 N–H and O–H groups in total. The highest BCUT2D eigenvalue weighted by Crippen LogP contribution is 2.24. The molecule has 28 heavy (non-hydrogen) atoms. The number of imide groups is 1. The molecular formula is C21H21FN2O4. The molecule has 1 fully saturated rings. The number of methoxy groups -OCH3 is 1. The molecule has 7 heteroatoms. The largest absolute Gasteiger partial charge is 0.497 e. The minimum Gasteiger partial charge on any atom is -0.497 e. The summed E-state index contributed by atoms with van der Waals surface area (Å²) in [6.45, 7) is 1.27. The van der Waals surface area contributed by atoms with Crippen LogP contribution in [0.25, 0.3) is 0 Å². The van der Waals surface area contributed by atoms with Crippen molar-refractivity contribution in [3.05, 3.63) is 65.5 Å². The van der Waals surface area contributed by atoms with Gasteiger partial charge in [-0.3, -0.25) is 14.5 Å². The van der Waals surface area contributed by atoms with Gasteiger partial charge in [0.05, 0.1) is 13.7 Å². The van der Waals surface area contributed by atoms with E-state index in [1.165, 1.54) is 12.1 Å². The van der Waals surface area contributed by atoms with Gasteiger partial charge in [-0.15, -0.1) is 0 Å². The summed E-state index contributed by atoms with van der Waals surface area (Å²) in [7, 11) is 1.59. The number of Topliss-reactive ketones (excluding diaryl/α,β-unsaturated/α-hetero) is 1. The van der Waals surface area contributed by atoms with E-state index in [1.54, 1.807) is 14.0 Å². The highest BCUT2D eigenvalue weighted by atomic mass is 19.1. The van der Waals surface area contributed by atoms with Crippen LogP contribution in [0.3, 0.4) is 0 Å². The van der Waals surface area contributed by atoms with Gasteiger partial charge in [0.2, 0.25) is 0 Å². The summed E-state index contributed by atoms with van der Waals surface area (Å²) >= 11 is 0. The second kappa shape index (κ2) is 7.80. The van der Waals surface area contributed by atoms with Gasteiger partial charge in [-0.2, -0.15) is 0 Å². The number of ether oxygens (including phenoxy) is 1. The number of hydrogen-bond acceptors (Lipinski definition) is 4. The van der Waals surface area contributed by atoms with Gasteiger partial charge in [0, 0.05) is 5.56 Å². The minimum atomic E-state index is -1.08. The molecule has 3 rings (SSSR count). The predicted molar refractivity (Wildman–Crippen MR) is 101 cm³/mol. The molecule has 0 saturated carbocycles. The Morgan fingerprint density at radius 2 is 1.75 bits per heavy atom. The molecule has 1 aliphatic rings. The molecule has 1 atom stereocenters. The molecule has 6 nitrogen and oxygen atoms in total. The highest BCUT2D eigenvalue weighted by Gasteiger charge is 2.47. The zero-order valence-electron chi connectivity index (χ0n) is 15.7. The number of nitrogens with one attached hydrogen (secondary N) is 1. The zero-order valence-corrected chi connectivity index (χ0v) is 15.7. The molecule has 146 valence electrons. The number of halogens is 1. The standard InChI is InChI=1S/C21H21FN2O4/c1-21(12-11-14-3-9-17(28-2)10-4-14)19(26)24(20(27)23-21)13-18(25)15-5-7-16(22)8-6-15/h3-10H,11-13H2,1-2H3,(H,23,27)/t21-/m0/s1. The van der Waals surface area contributed by atoms with Gasteiger partial charge in [0.25, 0.3) is 5.91 Å². The summed E-state index contributed by atoms with van der Waals surface area (Å²) in [5.74, 6) is -0.590. The Morgan fingerprint density at radius 1 is 1.11 bits per heavy atom. The second-order valence-electron chi connectivity index (χ2n) is 6.93. The number of urea groups is 1. The molecular weight excluding hydrogens is 363 g/mol. The van der Waals surface area contributed by atoms with Crippen molar-refractivity contribution in [3.63, 3.8) is 0 Å². The first-order valence-corrected chi connectivity index (χ1v) is 8.88. The van der Waals surface area contributed by atoms with Crippen molar-refractivity contribution in [3.8, 4) is 5.75 Å². The topological polar surface area (TPSA) is 75.7 Å². The fraction of sp³-hybridized carbons (Fsp3) is 0.286. The van der Waals surface area contributed by atoms with E-state index in [1.807, 2.05) is 24.3 Å². The van der Waals surface area contributed by atoms with Crippen LogP contribution in [0.4, 0.5) is 9.18 Å². The summed E-state index contributed by atoms with van der Waals surface area (Å²) in [6, 6.07) is 11.9. The van der Waals surface area contributed by atoms with Gasteiger partial charge in [-0.05, 0) is 61.7 Å². The van der Waals surface area contributed by atoms with Gasteiger partial charge in [-0.1, -0.05) is 12.1 Å². The number of aryl methyl sites for hydroxylation is 1. The summed E-state index contributed by atoms with van der Waals surface area (Å²) < 4.78 is 18.1. The van der Waals surface area contributed by atoms with Crippen molar-refractivity contribution in [1.29, 1.82) is 0 Å². The maximum atomic E-state index is 13.0. The summed E-state index contributed by atoms with van der Waals surface area (Å²) in [5, 5.41) is 2.69. The Morgan fingerprint density at radius 3 is 2.36 bits per heavy atom. The molecule has 1 aliphatic heterocycles. The fourth-order valence-corrected chi connectivity index (χ4v) is 3.12. The average Bonchev–Trinajstić information content (AvgIpc) is 2.90. The molecule has 0 bridgehead atoms. The van der Waals surface area contributed by atoms with Crippen LogP contribution in [0.2, 0.25) is 0 Å². The Labute approximate surface area is 162 Å². The van der Waals surface area contributed by atoms with Gasteiger partial charge in [0.15, 0.2) is 5.78 Å². The van der Waals surface area contributed by atoms with Crippen molar-refractivity contribution in [1.82, 2.24) is 10.2 Å². The smallest absolute Gasteiger partial charge is 0.325 e. The Hall–Kier alpha value is -3.22. The van der Waals surface area contributed by atoms with Gasteiger partial charge in [0.1, 0.15) is 17.1 Å². The predicted octanol–water partition coefficient (Wildman–Crippen LogP) is 2.96. The van der Waals surface area contributed by atoms with Crippen molar-refractivity contribution >= 4 is 17.7 Å². The Bertz CT molecular complexity index is 896. The summed E-state index contributed by atoms with van der Waals surface area (Å²) in [4.78, 5) is 38.3. The second-order valence-corrected chi connectivity index (χ2v) is 6.93. The highest BCUT2D eigenvalue weighted by molar-refractivity contribution is 6.11. The van der Waals surface area contributed by atoms with Crippen LogP contribution in [-0.2, 0) is 11.2 Å². The number of benzene rings is 2. The zero-order chi connectivity index (χ0) is 20.3. The molecule has 3 amide bonds. The van der Waals surface area contributed by atoms with Crippen LogP contribution in [0.15, 0.2) is 48.5 Å². The number of ketones is 1. The third kappa shape index (κ3) is 4.03. The van der Waals surface area contributed by atoms with Gasteiger partial charge in [-0.25, -0.2) is 9.18 Å². The van der Waals surface area contributed by atoms with Crippen LogP contribution in [-0.4, -0.2) is 41.8 Å². The summed E-state index contributed by atoms with van der Waals surface area (Å²) in [6.07, 6.45) is 0.970. The lowest BCUT2D eigenvalue weighted by molar-refractivity contribution is -0.130. The summed E-state index contributed by atoms with van der Waals surface area (Å²) in [5.41, 5.74) is 0.166. The third-order valence-corrected chi connectivity index (χ3v) is 4.89. The lowest BCUT2D eigenvalue weighted by atomic mass is 9.93. The number of hydrogen-bond donors (Lipinski definition) is 1. The van der Waals surface area contributed by atoms with Gasteiger partial charge >= 0.3 is 6.03 Å². The third-order valence-electron chi connectivity index (χ3n) is 4.89. The Balaban J connectivity index is 1.65. The molecule has 1 heterocycles. The van der Waals surface area contributed by atoms with Crippen molar-refractivity contribution in [2.75, 3.05) is 13.7 Å². The molecule has 0 aliphatic carbocycles. The number of rotatable bonds is 7. The number of carbonyl (C=O) groups excluding carboxylic acids is 3. The molecule has 0 unspecified atom stereocenters. The molecule has 0 radical (unpaired) electrons. The average molecular weight is 384 g/mol. The molecule has 2 aromatic carbocycles. The van der Waals surface area contributed by atoms with Crippen molar-refractivity contribution in [2.24, 2.45) is 0 Å². The van der Waals surface area contributed by atoms with E-state index in [2.05, 4.69) is 5.32 Å². The quantitative estimate of drug-likeness (QED) is 0.588. The van der Waals surface area contributed by atoms with E-state index >= 15 is 0 Å². The van der Waals surface area contributed by atoms with E-state index in [9.17, 15) is 18.8 Å². The normalized spacial score (nSPS) is 18.9. The fourth-order valence-electron chi connectivity index (χ4n) is 3.12. The SMILES string of the molecule is COc1ccc(CC[C@]2(C)NC(=O)N(CC(=O)c3ccc(F)cc3)C2=O)cc1. The lowest BCUT2D eigenvalue weighted by Crippen LogP contribution is -2.44. The van der Waals surface area contributed by atoms with E-state index in [4.69, 9.17) is 4.74 Å². The van der Waals surface area contributed by atoms with Crippen LogP contribution in [0.5, 0.6) is 5.75 Å². The van der Waals surface area contributed by atoms with Crippen LogP contribution >= 0.6 is 0 Å². The first-order valence-electron chi connectivity index (χ1n) is 8.88. The number of nitrogens with zero attached hydrogens (tertiary/aromatic N) is 1. The molecule has 0 aromatic heterocycles. The maximum Gasteiger partial charge on any atom is 0.325 e. The molecule has 1 saturated heterocycles. The van der Waals surface area contributed by atoms with Crippen LogP contribution in [0, 0.1) is 5.82 Å². The maximum absolute atomic E-state index is 13.0. The van der Waals surface area contributed by atoms with Crippen molar-refractivity contribution in [2.45, 2.75) is 25.3 Å². The Kier molecular flexibility index (Phi) is 5.44. The van der Waals surface area contributed by atoms with Crippen LogP contribution in [0.1, 0.15) is 29.3 Å². The lowest BCUT2D eigenvalue weighted by Gasteiger charge is -2.21. The minimum absolute atomic E-state index is 0.244. The number of carbonyl (C=O) groups is 3. The monoisotopic (exact) mass is 384 g/mol. The van der Waals surface area contributed by atoms with E-state index in [-0.39, 0.29) is 12.1 Å². The van der Waals surface area contributed by atoms with Gasteiger partial charge < -0.3 is 10.1 Å².